The third-order valence-electron chi connectivity index (χ3n) is 5.19. The summed E-state index contributed by atoms with van der Waals surface area (Å²) < 4.78 is 27.2. The lowest BCUT2D eigenvalue weighted by Gasteiger charge is -2.34. The van der Waals surface area contributed by atoms with Crippen molar-refractivity contribution in [2.24, 2.45) is 0 Å². The summed E-state index contributed by atoms with van der Waals surface area (Å²) in [5.41, 5.74) is 0.769. The molecule has 2 aliphatic heterocycles. The molecule has 2 aliphatic rings. The summed E-state index contributed by atoms with van der Waals surface area (Å²) in [4.78, 5) is 15.6. The van der Waals surface area contributed by atoms with Crippen LogP contribution >= 0.6 is 12.4 Å². The van der Waals surface area contributed by atoms with Gasteiger partial charge in [0.15, 0.2) is 0 Å². The Morgan fingerprint density at radius 1 is 1.29 bits per heavy atom. The fourth-order valence-electron chi connectivity index (χ4n) is 3.65. The zero-order valence-corrected chi connectivity index (χ0v) is 16.1. The molecule has 2 fully saturated rings. The minimum absolute atomic E-state index is 0. The van der Waals surface area contributed by atoms with Crippen LogP contribution in [0.4, 0.5) is 14.5 Å². The van der Waals surface area contributed by atoms with Crippen LogP contribution in [0.25, 0.3) is 0 Å². The van der Waals surface area contributed by atoms with E-state index in [0.717, 1.165) is 18.5 Å². The molecule has 0 aliphatic carbocycles. The van der Waals surface area contributed by atoms with Crippen LogP contribution in [0.1, 0.15) is 24.8 Å². The highest BCUT2D eigenvalue weighted by molar-refractivity contribution is 5.85. The number of carbonyl (C=O) groups is 1. The van der Waals surface area contributed by atoms with E-state index in [1.165, 1.54) is 17.0 Å². The van der Waals surface area contributed by atoms with Crippen LogP contribution in [-0.4, -0.2) is 55.2 Å². The molecule has 2 atom stereocenters. The van der Waals surface area contributed by atoms with E-state index in [9.17, 15) is 13.6 Å². The van der Waals surface area contributed by atoms with E-state index in [1.54, 1.807) is 6.07 Å². The quantitative estimate of drug-likeness (QED) is 0.823. The summed E-state index contributed by atoms with van der Waals surface area (Å²) in [5.74, 6) is -0.775. The molecule has 1 N–H and O–H groups in total. The number of hydrogen-bond donors (Lipinski definition) is 1. The number of anilines is 1. The van der Waals surface area contributed by atoms with Crippen molar-refractivity contribution >= 4 is 24.0 Å². The van der Waals surface area contributed by atoms with Gasteiger partial charge >= 0.3 is 0 Å². The van der Waals surface area contributed by atoms with E-state index in [2.05, 4.69) is 5.32 Å². The van der Waals surface area contributed by atoms with E-state index < -0.39 is 18.0 Å². The van der Waals surface area contributed by atoms with Crippen molar-refractivity contribution in [2.45, 2.75) is 37.5 Å². The van der Waals surface area contributed by atoms with Gasteiger partial charge in [-0.25, -0.2) is 8.78 Å². The first-order valence-electron chi connectivity index (χ1n) is 9.03. The molecule has 9 heteroatoms. The number of amides is 1. The number of benzene rings is 1. The van der Waals surface area contributed by atoms with Gasteiger partial charge in [0.2, 0.25) is 5.91 Å². The van der Waals surface area contributed by atoms with Crippen LogP contribution < -0.4 is 10.2 Å². The summed E-state index contributed by atoms with van der Waals surface area (Å²) in [5, 5.41) is 21.0. The maximum atomic E-state index is 13.8. The molecular weight excluding hydrogens is 388 g/mol. The lowest BCUT2D eigenvalue weighted by atomic mass is 10.0. The summed E-state index contributed by atoms with van der Waals surface area (Å²) in [6, 6.07) is 7.84. The number of nitriles is 2. The fraction of sp³-hybridized carbons (Fsp3) is 0.526. The van der Waals surface area contributed by atoms with Gasteiger partial charge in [-0.15, -0.1) is 12.4 Å². The van der Waals surface area contributed by atoms with Crippen molar-refractivity contribution < 1.29 is 13.6 Å². The van der Waals surface area contributed by atoms with Crippen molar-refractivity contribution in [3.8, 4) is 12.1 Å². The number of rotatable bonds is 4. The second kappa shape index (κ2) is 9.68. The Bertz CT molecular complexity index is 786. The van der Waals surface area contributed by atoms with Gasteiger partial charge in [-0.1, -0.05) is 0 Å². The van der Waals surface area contributed by atoms with Gasteiger partial charge in [-0.05, 0) is 31.0 Å². The Labute approximate surface area is 169 Å². The minimum atomic E-state index is -1.13. The maximum absolute atomic E-state index is 13.8. The van der Waals surface area contributed by atoms with Crippen molar-refractivity contribution in [3.05, 3.63) is 29.6 Å². The third-order valence-corrected chi connectivity index (χ3v) is 5.19. The normalized spacial score (nSPS) is 22.3. The van der Waals surface area contributed by atoms with Gasteiger partial charge in [0.1, 0.15) is 24.1 Å². The number of carbonyl (C=O) groups excluding carboxylic acids is 1. The van der Waals surface area contributed by atoms with Crippen molar-refractivity contribution in [3.63, 3.8) is 0 Å². The fourth-order valence-corrected chi connectivity index (χ4v) is 3.65. The topological polar surface area (TPSA) is 83.2 Å². The van der Waals surface area contributed by atoms with Gasteiger partial charge in [0, 0.05) is 31.2 Å². The van der Waals surface area contributed by atoms with E-state index in [-0.39, 0.29) is 49.4 Å². The highest BCUT2D eigenvalue weighted by Gasteiger charge is 2.35. The van der Waals surface area contributed by atoms with Gasteiger partial charge in [-0.3, -0.25) is 4.79 Å². The van der Waals surface area contributed by atoms with Gasteiger partial charge in [-0.2, -0.15) is 10.5 Å². The van der Waals surface area contributed by atoms with Crippen molar-refractivity contribution in [1.29, 1.82) is 10.5 Å². The van der Waals surface area contributed by atoms with Crippen LogP contribution in [0.15, 0.2) is 18.2 Å². The number of halogens is 3. The summed E-state index contributed by atoms with van der Waals surface area (Å²) >= 11 is 0. The lowest BCUT2D eigenvalue weighted by Crippen LogP contribution is -2.47. The summed E-state index contributed by atoms with van der Waals surface area (Å²) in [7, 11) is 0. The van der Waals surface area contributed by atoms with Crippen molar-refractivity contribution in [2.75, 3.05) is 31.1 Å². The molecule has 2 saturated heterocycles. The smallest absolute Gasteiger partial charge is 0.237 e. The number of nitrogens with zero attached hydrogens (tertiary/aromatic N) is 4. The monoisotopic (exact) mass is 409 g/mol. The SMILES string of the molecule is Cl.N#Cc1ccc(N2CCC(NCC(=O)N3CC(F)CC3C#N)CC2)cc1F. The third kappa shape index (κ3) is 4.89. The molecule has 3 rings (SSSR count). The molecule has 1 aromatic carbocycles. The van der Waals surface area contributed by atoms with Gasteiger partial charge < -0.3 is 15.1 Å². The number of hydrogen-bond acceptors (Lipinski definition) is 5. The molecule has 150 valence electrons. The number of nitrogens with one attached hydrogen (secondary N) is 1. The first-order chi connectivity index (χ1) is 13.0. The lowest BCUT2D eigenvalue weighted by molar-refractivity contribution is -0.130. The van der Waals surface area contributed by atoms with Crippen LogP contribution in [0.5, 0.6) is 0 Å². The maximum Gasteiger partial charge on any atom is 0.237 e. The first kappa shape index (κ1) is 21.9. The molecule has 6 nitrogen and oxygen atoms in total. The van der Waals surface area contributed by atoms with Crippen LogP contribution in [-0.2, 0) is 4.79 Å². The molecule has 0 radical (unpaired) electrons. The highest BCUT2D eigenvalue weighted by atomic mass is 35.5. The summed E-state index contributed by atoms with van der Waals surface area (Å²) in [6.45, 7) is 1.48. The zero-order valence-electron chi connectivity index (χ0n) is 15.3. The predicted molar refractivity (Wildman–Crippen MR) is 102 cm³/mol. The number of piperidine rings is 1. The molecule has 0 aromatic heterocycles. The second-order valence-electron chi connectivity index (χ2n) is 6.94. The van der Waals surface area contributed by atoms with Crippen LogP contribution in [0, 0.1) is 28.5 Å². The van der Waals surface area contributed by atoms with Crippen LogP contribution in [0.3, 0.4) is 0 Å². The molecule has 0 bridgehead atoms. The molecule has 2 heterocycles. The van der Waals surface area contributed by atoms with E-state index in [1.807, 2.05) is 17.0 Å². The Kier molecular flexibility index (Phi) is 7.56. The summed E-state index contributed by atoms with van der Waals surface area (Å²) in [6.07, 6.45) is 0.515. The first-order valence-corrected chi connectivity index (χ1v) is 9.03. The molecule has 0 spiro atoms. The molecule has 2 unspecified atom stereocenters. The second-order valence-corrected chi connectivity index (χ2v) is 6.94. The minimum Gasteiger partial charge on any atom is -0.371 e. The van der Waals surface area contributed by atoms with Gasteiger partial charge in [0.25, 0.3) is 0 Å². The average molecular weight is 410 g/mol. The largest absolute Gasteiger partial charge is 0.371 e. The van der Waals surface area contributed by atoms with E-state index in [0.29, 0.717) is 13.1 Å². The Balaban J connectivity index is 0.00000280. The number of likely N-dealkylation sites (tertiary alicyclic amines) is 1. The zero-order chi connectivity index (χ0) is 19.4. The molecule has 0 saturated carbocycles. The van der Waals surface area contributed by atoms with E-state index >= 15 is 0 Å². The molecule has 1 aromatic rings. The van der Waals surface area contributed by atoms with Crippen molar-refractivity contribution in [1.82, 2.24) is 10.2 Å². The van der Waals surface area contributed by atoms with Crippen LogP contribution in [0.2, 0.25) is 0 Å². The predicted octanol–water partition coefficient (Wildman–Crippen LogP) is 2.14. The van der Waals surface area contributed by atoms with Gasteiger partial charge in [0.05, 0.1) is 24.7 Å². The Hall–Kier alpha value is -2.42. The Morgan fingerprint density at radius 3 is 2.61 bits per heavy atom. The average Bonchev–Trinajstić information content (AvgIpc) is 3.07. The highest BCUT2D eigenvalue weighted by Crippen LogP contribution is 2.23. The number of alkyl halides is 1. The molecule has 28 heavy (non-hydrogen) atoms. The Morgan fingerprint density at radius 2 is 2.00 bits per heavy atom. The molecular formula is C19H22ClF2N5O. The molecule has 1 amide bonds. The van der Waals surface area contributed by atoms with E-state index in [4.69, 9.17) is 10.5 Å². The standard InChI is InChI=1S/C19H21F2N5O.ClH/c20-14-7-17(10-23)26(12-14)19(27)11-24-15-3-5-25(6-4-15)16-2-1-13(9-22)18(21)8-16;/h1-2,8,14-15,17,24H,3-7,11-12H2;1H.